The molecule has 18 heavy (non-hydrogen) atoms. The Morgan fingerprint density at radius 3 is 2.44 bits per heavy atom. The van der Waals surface area contributed by atoms with Crippen molar-refractivity contribution in [3.63, 3.8) is 0 Å². The summed E-state index contributed by atoms with van der Waals surface area (Å²) in [5.41, 5.74) is 0.923. The third-order valence-corrected chi connectivity index (χ3v) is 2.66. The number of nitrogens with zero attached hydrogens (tertiary/aromatic N) is 1. The van der Waals surface area contributed by atoms with Crippen molar-refractivity contribution in [3.8, 4) is 5.75 Å². The van der Waals surface area contributed by atoms with E-state index in [1.165, 1.54) is 0 Å². The van der Waals surface area contributed by atoms with E-state index in [0.717, 1.165) is 11.3 Å². The molecule has 4 heteroatoms. The van der Waals surface area contributed by atoms with E-state index in [9.17, 15) is 9.90 Å². The van der Waals surface area contributed by atoms with Gasteiger partial charge in [0.05, 0.1) is 6.10 Å². The fourth-order valence-electron chi connectivity index (χ4n) is 1.74. The van der Waals surface area contributed by atoms with Gasteiger partial charge in [0.2, 0.25) is 0 Å². The Kier molecular flexibility index (Phi) is 5.16. The van der Waals surface area contributed by atoms with Crippen molar-refractivity contribution in [2.24, 2.45) is 0 Å². The summed E-state index contributed by atoms with van der Waals surface area (Å²) < 4.78 is 5.69. The van der Waals surface area contributed by atoms with Gasteiger partial charge in [-0.15, -0.1) is 0 Å². The molecule has 0 spiro atoms. The number of carboxylic acids is 1. The van der Waals surface area contributed by atoms with Crippen molar-refractivity contribution in [1.82, 2.24) is 4.90 Å². The van der Waals surface area contributed by atoms with Gasteiger partial charge in [0.25, 0.3) is 0 Å². The first kappa shape index (κ1) is 14.5. The second-order valence-electron chi connectivity index (χ2n) is 4.80. The molecular weight excluding hydrogens is 230 g/mol. The fourth-order valence-corrected chi connectivity index (χ4v) is 1.74. The summed E-state index contributed by atoms with van der Waals surface area (Å²) in [6, 6.07) is 7.05. The molecule has 0 aliphatic heterocycles. The molecule has 1 aromatic rings. The molecule has 0 saturated carbocycles. The van der Waals surface area contributed by atoms with E-state index in [-0.39, 0.29) is 6.10 Å². The summed E-state index contributed by atoms with van der Waals surface area (Å²) in [6.07, 6.45) is 0.513. The minimum atomic E-state index is -0.820. The number of carboxylic acid groups (broad SMARTS) is 1. The zero-order chi connectivity index (χ0) is 13.7. The van der Waals surface area contributed by atoms with Crippen molar-refractivity contribution in [1.29, 1.82) is 0 Å². The Morgan fingerprint density at radius 2 is 1.94 bits per heavy atom. The highest BCUT2D eigenvalue weighted by Crippen LogP contribution is 2.21. The average Bonchev–Trinajstić information content (AvgIpc) is 2.26. The van der Waals surface area contributed by atoms with Gasteiger partial charge in [0, 0.05) is 6.42 Å². The number of rotatable bonds is 6. The largest absolute Gasteiger partial charge is 0.491 e. The van der Waals surface area contributed by atoms with Crippen LogP contribution < -0.4 is 4.74 Å². The van der Waals surface area contributed by atoms with Crippen LogP contribution in [-0.2, 0) is 11.2 Å². The Morgan fingerprint density at radius 1 is 1.33 bits per heavy atom. The molecular formula is C14H21NO3. The molecule has 1 rings (SSSR count). The lowest BCUT2D eigenvalue weighted by atomic mass is 10.0. The molecule has 0 radical (unpaired) electrons. The first-order chi connectivity index (χ1) is 8.41. The van der Waals surface area contributed by atoms with Crippen LogP contribution in [0.4, 0.5) is 0 Å². The van der Waals surface area contributed by atoms with Crippen LogP contribution in [0.2, 0.25) is 0 Å². The molecule has 1 N–H and O–H groups in total. The highest BCUT2D eigenvalue weighted by atomic mass is 16.5. The molecule has 0 saturated heterocycles. The zero-order valence-electron chi connectivity index (χ0n) is 11.4. The van der Waals surface area contributed by atoms with E-state index < -0.39 is 12.0 Å². The summed E-state index contributed by atoms with van der Waals surface area (Å²) >= 11 is 0. The van der Waals surface area contributed by atoms with Crippen molar-refractivity contribution in [2.45, 2.75) is 32.4 Å². The maximum Gasteiger partial charge on any atom is 0.321 e. The third-order valence-electron chi connectivity index (χ3n) is 2.66. The number of benzene rings is 1. The summed E-state index contributed by atoms with van der Waals surface area (Å²) in [7, 11) is 3.54. The van der Waals surface area contributed by atoms with E-state index in [4.69, 9.17) is 4.74 Å². The number of hydrogen-bond acceptors (Lipinski definition) is 3. The Labute approximate surface area is 108 Å². The molecule has 100 valence electrons. The molecule has 0 aliphatic rings. The maximum absolute atomic E-state index is 11.2. The van der Waals surface area contributed by atoms with Crippen LogP contribution in [0.25, 0.3) is 0 Å². The Bertz CT molecular complexity index is 402. The van der Waals surface area contributed by atoms with Crippen molar-refractivity contribution in [3.05, 3.63) is 29.8 Å². The van der Waals surface area contributed by atoms with E-state index in [0.29, 0.717) is 6.42 Å². The minimum absolute atomic E-state index is 0.0776. The maximum atomic E-state index is 11.2. The van der Waals surface area contributed by atoms with Gasteiger partial charge in [-0.3, -0.25) is 9.69 Å². The van der Waals surface area contributed by atoms with E-state index in [2.05, 4.69) is 0 Å². The lowest BCUT2D eigenvalue weighted by molar-refractivity contribution is -0.142. The lowest BCUT2D eigenvalue weighted by Gasteiger charge is -2.22. The van der Waals surface area contributed by atoms with Crippen LogP contribution in [-0.4, -0.2) is 42.2 Å². The van der Waals surface area contributed by atoms with Crippen LogP contribution in [0, 0.1) is 0 Å². The summed E-state index contributed by atoms with van der Waals surface area (Å²) in [4.78, 5) is 12.9. The molecule has 1 atom stereocenters. The fraction of sp³-hybridized carbons (Fsp3) is 0.500. The normalized spacial score (nSPS) is 12.8. The average molecular weight is 251 g/mol. The minimum Gasteiger partial charge on any atom is -0.491 e. The number of para-hydroxylation sites is 1. The predicted octanol–water partition coefficient (Wildman–Crippen LogP) is 2.03. The smallest absolute Gasteiger partial charge is 0.321 e. The van der Waals surface area contributed by atoms with Crippen molar-refractivity contribution < 1.29 is 14.6 Å². The van der Waals surface area contributed by atoms with Gasteiger partial charge in [-0.2, -0.15) is 0 Å². The summed E-state index contributed by atoms with van der Waals surface area (Å²) in [5, 5.41) is 9.20. The molecule has 0 aromatic heterocycles. The van der Waals surface area contributed by atoms with Gasteiger partial charge in [0.1, 0.15) is 11.8 Å². The van der Waals surface area contributed by atoms with Gasteiger partial charge in [-0.05, 0) is 39.6 Å². The van der Waals surface area contributed by atoms with E-state index >= 15 is 0 Å². The van der Waals surface area contributed by atoms with Crippen LogP contribution in [0.1, 0.15) is 19.4 Å². The van der Waals surface area contributed by atoms with E-state index in [1.54, 1.807) is 19.0 Å². The van der Waals surface area contributed by atoms with Crippen LogP contribution >= 0.6 is 0 Å². The first-order valence-corrected chi connectivity index (χ1v) is 6.05. The molecule has 4 nitrogen and oxygen atoms in total. The lowest BCUT2D eigenvalue weighted by Crippen LogP contribution is -2.37. The number of hydrogen-bond donors (Lipinski definition) is 1. The van der Waals surface area contributed by atoms with Crippen molar-refractivity contribution in [2.75, 3.05) is 14.1 Å². The molecule has 0 bridgehead atoms. The van der Waals surface area contributed by atoms with Gasteiger partial charge >= 0.3 is 5.97 Å². The van der Waals surface area contributed by atoms with Crippen LogP contribution in [0.5, 0.6) is 5.75 Å². The Hall–Kier alpha value is -1.55. The number of likely N-dealkylation sites (N-methyl/N-ethyl adjacent to an activating group) is 1. The van der Waals surface area contributed by atoms with Gasteiger partial charge in [-0.25, -0.2) is 0 Å². The Balaban J connectivity index is 2.91. The monoisotopic (exact) mass is 251 g/mol. The topological polar surface area (TPSA) is 49.8 Å². The molecule has 0 fully saturated rings. The number of aliphatic carboxylic acids is 1. The number of carbonyl (C=O) groups is 1. The van der Waals surface area contributed by atoms with Crippen molar-refractivity contribution >= 4 is 5.97 Å². The van der Waals surface area contributed by atoms with Crippen LogP contribution in [0.3, 0.4) is 0 Å². The van der Waals surface area contributed by atoms with Gasteiger partial charge < -0.3 is 9.84 Å². The second-order valence-corrected chi connectivity index (χ2v) is 4.80. The first-order valence-electron chi connectivity index (χ1n) is 6.05. The third kappa shape index (κ3) is 4.04. The zero-order valence-corrected chi connectivity index (χ0v) is 11.4. The standard InChI is InChI=1S/C14H21NO3/c1-10(2)18-13-8-6-5-7-11(13)9-12(14(16)17)15(3)4/h5-8,10,12H,9H2,1-4H3,(H,16,17). The number of ether oxygens (including phenoxy) is 1. The molecule has 0 heterocycles. The molecule has 0 amide bonds. The van der Waals surface area contributed by atoms with Gasteiger partial charge in [0.15, 0.2) is 0 Å². The van der Waals surface area contributed by atoms with Gasteiger partial charge in [-0.1, -0.05) is 18.2 Å². The molecule has 1 unspecified atom stereocenters. The highest BCUT2D eigenvalue weighted by Gasteiger charge is 2.21. The summed E-state index contributed by atoms with van der Waals surface area (Å²) in [6.45, 7) is 3.91. The highest BCUT2D eigenvalue weighted by molar-refractivity contribution is 5.74. The molecule has 1 aromatic carbocycles. The molecule has 0 aliphatic carbocycles. The quantitative estimate of drug-likeness (QED) is 0.840. The SMILES string of the molecule is CC(C)Oc1ccccc1CC(C(=O)O)N(C)C. The van der Waals surface area contributed by atoms with E-state index in [1.807, 2.05) is 38.1 Å². The summed E-state index contributed by atoms with van der Waals surface area (Å²) in [5.74, 6) is -0.0556. The van der Waals surface area contributed by atoms with Crippen LogP contribution in [0.15, 0.2) is 24.3 Å². The second kappa shape index (κ2) is 6.40. The predicted molar refractivity (Wildman–Crippen MR) is 71.0 cm³/mol.